The van der Waals surface area contributed by atoms with Crippen molar-refractivity contribution in [1.29, 1.82) is 0 Å². The van der Waals surface area contributed by atoms with Crippen molar-refractivity contribution in [3.63, 3.8) is 0 Å². The fourth-order valence-corrected chi connectivity index (χ4v) is 5.09. The molecule has 0 aliphatic carbocycles. The average Bonchev–Trinajstić information content (AvgIpc) is 3.33. The van der Waals surface area contributed by atoms with E-state index in [1.807, 2.05) is 20.9 Å². The summed E-state index contributed by atoms with van der Waals surface area (Å²) >= 11 is 0. The first kappa shape index (κ1) is 27.5. The molecule has 0 atom stereocenters. The van der Waals surface area contributed by atoms with Crippen molar-refractivity contribution < 1.29 is 18.8 Å². The molecule has 0 spiro atoms. The van der Waals surface area contributed by atoms with Crippen LogP contribution in [0.4, 0.5) is 14.9 Å². The first-order valence-electron chi connectivity index (χ1n) is 13.2. The molecule has 204 valence electrons. The maximum Gasteiger partial charge on any atom is 0.331 e. The summed E-state index contributed by atoms with van der Waals surface area (Å²) in [5.74, 6) is -1.19. The second-order valence-corrected chi connectivity index (χ2v) is 9.88. The van der Waals surface area contributed by atoms with E-state index in [0.29, 0.717) is 66.5 Å². The van der Waals surface area contributed by atoms with Crippen LogP contribution in [0.15, 0.2) is 18.2 Å². The monoisotopic (exact) mass is 524 g/mol. The highest BCUT2D eigenvalue weighted by molar-refractivity contribution is 6.42. The highest BCUT2D eigenvalue weighted by atomic mass is 19.1. The Morgan fingerprint density at radius 1 is 1.13 bits per heavy atom. The Morgan fingerprint density at radius 2 is 1.82 bits per heavy atom. The van der Waals surface area contributed by atoms with E-state index < -0.39 is 17.8 Å². The van der Waals surface area contributed by atoms with Crippen LogP contribution in [0.3, 0.4) is 0 Å². The van der Waals surface area contributed by atoms with Crippen LogP contribution >= 0.6 is 0 Å². The SMILES string of the molecule is CCN(CC)CCNC(=O)c1c(C)[nH]c(/C=C2\C(=O)N(C(=O)N3CCN(C)CC3)c3ccc(F)cc32)c1C. The molecular weight excluding hydrogens is 487 g/mol. The van der Waals surface area contributed by atoms with E-state index in [0.717, 1.165) is 24.5 Å². The first-order valence-corrected chi connectivity index (χ1v) is 13.2. The Balaban J connectivity index is 1.62. The first-order chi connectivity index (χ1) is 18.2. The molecule has 2 aliphatic rings. The van der Waals surface area contributed by atoms with Crippen LogP contribution in [0, 0.1) is 19.7 Å². The number of aromatic nitrogens is 1. The van der Waals surface area contributed by atoms with Gasteiger partial charge >= 0.3 is 6.03 Å². The fourth-order valence-electron chi connectivity index (χ4n) is 5.09. The van der Waals surface area contributed by atoms with E-state index in [1.165, 1.54) is 18.2 Å². The van der Waals surface area contributed by atoms with Gasteiger partial charge in [-0.2, -0.15) is 0 Å². The molecule has 1 aromatic carbocycles. The molecule has 2 N–H and O–H groups in total. The van der Waals surface area contributed by atoms with Gasteiger partial charge in [-0.1, -0.05) is 13.8 Å². The number of benzene rings is 1. The molecule has 1 saturated heterocycles. The lowest BCUT2D eigenvalue weighted by atomic mass is 10.0. The van der Waals surface area contributed by atoms with Gasteiger partial charge in [-0.15, -0.1) is 0 Å². The van der Waals surface area contributed by atoms with E-state index in [-0.39, 0.29) is 11.5 Å². The van der Waals surface area contributed by atoms with Gasteiger partial charge in [-0.05, 0) is 63.8 Å². The van der Waals surface area contributed by atoms with Crippen LogP contribution in [0.25, 0.3) is 11.6 Å². The predicted molar refractivity (Wildman–Crippen MR) is 147 cm³/mol. The van der Waals surface area contributed by atoms with Crippen molar-refractivity contribution in [1.82, 2.24) is 25.0 Å². The van der Waals surface area contributed by atoms with Crippen LogP contribution in [0.5, 0.6) is 0 Å². The van der Waals surface area contributed by atoms with Crippen molar-refractivity contribution in [2.45, 2.75) is 27.7 Å². The van der Waals surface area contributed by atoms with Gasteiger partial charge in [0.15, 0.2) is 0 Å². The summed E-state index contributed by atoms with van der Waals surface area (Å²) in [7, 11) is 1.99. The zero-order valence-corrected chi connectivity index (χ0v) is 22.9. The molecule has 38 heavy (non-hydrogen) atoms. The van der Waals surface area contributed by atoms with E-state index in [4.69, 9.17) is 0 Å². The Bertz CT molecular complexity index is 1260. The zero-order chi connectivity index (χ0) is 27.6. The average molecular weight is 525 g/mol. The number of rotatable bonds is 7. The Labute approximate surface area is 223 Å². The number of nitrogens with zero attached hydrogens (tertiary/aromatic N) is 4. The number of aromatic amines is 1. The maximum atomic E-state index is 14.3. The van der Waals surface area contributed by atoms with Crippen LogP contribution in [-0.2, 0) is 4.79 Å². The highest BCUT2D eigenvalue weighted by Crippen LogP contribution is 2.39. The molecule has 0 bridgehead atoms. The lowest BCUT2D eigenvalue weighted by molar-refractivity contribution is -0.112. The summed E-state index contributed by atoms with van der Waals surface area (Å²) in [5.41, 5.74) is 3.38. The fraction of sp³-hybridized carbons (Fsp3) is 0.464. The van der Waals surface area contributed by atoms with Gasteiger partial charge in [-0.3, -0.25) is 9.59 Å². The van der Waals surface area contributed by atoms with Crippen molar-refractivity contribution in [2.75, 3.05) is 64.3 Å². The van der Waals surface area contributed by atoms with Gasteiger partial charge in [0.2, 0.25) is 0 Å². The third-order valence-electron chi connectivity index (χ3n) is 7.49. The molecule has 4 amide bonds. The van der Waals surface area contributed by atoms with Gasteiger partial charge in [-0.25, -0.2) is 14.1 Å². The number of carbonyl (C=O) groups is 3. The highest BCUT2D eigenvalue weighted by Gasteiger charge is 2.39. The van der Waals surface area contributed by atoms with Gasteiger partial charge in [0.25, 0.3) is 11.8 Å². The smallest absolute Gasteiger partial charge is 0.331 e. The molecule has 0 radical (unpaired) electrons. The summed E-state index contributed by atoms with van der Waals surface area (Å²) in [5, 5.41) is 2.98. The molecule has 2 aliphatic heterocycles. The lowest BCUT2D eigenvalue weighted by Gasteiger charge is -2.34. The summed E-state index contributed by atoms with van der Waals surface area (Å²) in [6, 6.07) is 3.60. The number of nitrogens with one attached hydrogen (secondary N) is 2. The molecule has 1 fully saturated rings. The van der Waals surface area contributed by atoms with E-state index in [9.17, 15) is 18.8 Å². The summed E-state index contributed by atoms with van der Waals surface area (Å²) in [4.78, 5) is 50.3. The number of likely N-dealkylation sites (N-methyl/N-ethyl adjacent to an activating group) is 2. The van der Waals surface area contributed by atoms with E-state index >= 15 is 0 Å². The number of urea groups is 1. The Morgan fingerprint density at radius 3 is 2.47 bits per heavy atom. The lowest BCUT2D eigenvalue weighted by Crippen LogP contribution is -2.52. The number of fused-ring (bicyclic) bond motifs is 1. The molecular formula is C28H37FN6O3. The molecule has 0 unspecified atom stereocenters. The second-order valence-electron chi connectivity index (χ2n) is 9.88. The number of hydrogen-bond acceptors (Lipinski definition) is 5. The third kappa shape index (κ3) is 5.37. The number of amides is 4. The van der Waals surface area contributed by atoms with E-state index in [1.54, 1.807) is 11.0 Å². The van der Waals surface area contributed by atoms with Gasteiger partial charge in [0.1, 0.15) is 5.82 Å². The number of imide groups is 1. The zero-order valence-electron chi connectivity index (χ0n) is 22.9. The number of piperazine rings is 1. The summed E-state index contributed by atoms with van der Waals surface area (Å²) in [6.45, 7) is 13.3. The quantitative estimate of drug-likeness (QED) is 0.543. The van der Waals surface area contributed by atoms with Gasteiger partial charge in [0, 0.05) is 56.2 Å². The minimum absolute atomic E-state index is 0.191. The number of aryl methyl sites for hydroxylation is 1. The molecule has 0 saturated carbocycles. The van der Waals surface area contributed by atoms with Crippen molar-refractivity contribution in [2.24, 2.45) is 0 Å². The molecule has 9 nitrogen and oxygen atoms in total. The summed E-state index contributed by atoms with van der Waals surface area (Å²) < 4.78 is 14.3. The largest absolute Gasteiger partial charge is 0.358 e. The minimum atomic E-state index is -0.508. The summed E-state index contributed by atoms with van der Waals surface area (Å²) in [6.07, 6.45) is 1.62. The van der Waals surface area contributed by atoms with Gasteiger partial charge < -0.3 is 25.0 Å². The maximum absolute atomic E-state index is 14.3. The molecule has 10 heteroatoms. The molecule has 4 rings (SSSR count). The van der Waals surface area contributed by atoms with E-state index in [2.05, 4.69) is 33.9 Å². The topological polar surface area (TPSA) is 92.0 Å². The minimum Gasteiger partial charge on any atom is -0.358 e. The molecule has 1 aromatic heterocycles. The van der Waals surface area contributed by atoms with Crippen molar-refractivity contribution in [3.05, 3.63) is 52.1 Å². The van der Waals surface area contributed by atoms with Crippen LogP contribution in [-0.4, -0.2) is 96.9 Å². The Hall–Kier alpha value is -3.50. The number of H-pyrrole nitrogens is 1. The number of hydrogen-bond donors (Lipinski definition) is 2. The van der Waals surface area contributed by atoms with Gasteiger partial charge in [0.05, 0.1) is 16.8 Å². The predicted octanol–water partition coefficient (Wildman–Crippen LogP) is 3.10. The van der Waals surface area contributed by atoms with Crippen molar-refractivity contribution in [3.8, 4) is 0 Å². The van der Waals surface area contributed by atoms with Crippen molar-refractivity contribution >= 4 is 35.2 Å². The normalized spacial score (nSPS) is 17.0. The van der Waals surface area contributed by atoms with Crippen LogP contribution in [0.1, 0.15) is 46.7 Å². The number of carbonyl (C=O) groups excluding carboxylic acids is 3. The standard InChI is InChI=1S/C28H37FN6O3/c1-6-33(7-2)11-10-30-26(36)25-18(3)23(31-19(25)4)17-22-21-16-20(29)8-9-24(21)35(27(22)37)28(38)34-14-12-32(5)13-15-34/h8-9,16-17,31H,6-7,10-15H2,1-5H3,(H,30,36)/b22-17-. The number of halogens is 1. The Kier molecular flexibility index (Phi) is 8.32. The van der Waals surface area contributed by atoms with Crippen LogP contribution in [0.2, 0.25) is 0 Å². The second kappa shape index (κ2) is 11.5. The van der Waals surface area contributed by atoms with Crippen LogP contribution < -0.4 is 10.2 Å². The molecule has 3 heterocycles. The number of anilines is 1. The molecule has 2 aromatic rings. The third-order valence-corrected chi connectivity index (χ3v) is 7.49.